The molecule has 0 heterocycles. The van der Waals surface area contributed by atoms with Crippen LogP contribution < -0.4 is 10.6 Å². The second-order valence-electron chi connectivity index (χ2n) is 4.51. The van der Waals surface area contributed by atoms with E-state index in [-0.39, 0.29) is 43.9 Å². The molecule has 8 heteroatoms. The Hall–Kier alpha value is -2.12. The SMILES string of the molecule is CC(=O)NCC(=O)NCC(=O)N(CCC(=O)O)C(C)C. The third kappa shape index (κ3) is 8.06. The molecule has 0 atom stereocenters. The minimum Gasteiger partial charge on any atom is -0.481 e. The molecule has 20 heavy (non-hydrogen) atoms. The summed E-state index contributed by atoms with van der Waals surface area (Å²) in [5.41, 5.74) is 0. The maximum Gasteiger partial charge on any atom is 0.305 e. The fraction of sp³-hybridized carbons (Fsp3) is 0.667. The van der Waals surface area contributed by atoms with Crippen LogP contribution in [0.5, 0.6) is 0 Å². The summed E-state index contributed by atoms with van der Waals surface area (Å²) in [6, 6.07) is -0.158. The van der Waals surface area contributed by atoms with E-state index >= 15 is 0 Å². The number of rotatable bonds is 8. The number of hydrogen-bond acceptors (Lipinski definition) is 4. The summed E-state index contributed by atoms with van der Waals surface area (Å²) in [6.45, 7) is 4.48. The van der Waals surface area contributed by atoms with E-state index in [2.05, 4.69) is 10.6 Å². The first kappa shape index (κ1) is 17.9. The average Bonchev–Trinajstić information content (AvgIpc) is 2.33. The Labute approximate surface area is 117 Å². The second kappa shape index (κ2) is 8.89. The van der Waals surface area contributed by atoms with E-state index in [0.29, 0.717) is 0 Å². The van der Waals surface area contributed by atoms with Crippen molar-refractivity contribution in [2.24, 2.45) is 0 Å². The van der Waals surface area contributed by atoms with Crippen LogP contribution in [0, 0.1) is 0 Å². The van der Waals surface area contributed by atoms with Crippen LogP contribution in [-0.2, 0) is 19.2 Å². The van der Waals surface area contributed by atoms with Gasteiger partial charge in [0.15, 0.2) is 0 Å². The molecule has 0 unspecified atom stereocenters. The van der Waals surface area contributed by atoms with Crippen LogP contribution >= 0.6 is 0 Å². The lowest BCUT2D eigenvalue weighted by Crippen LogP contribution is -2.46. The standard InChI is InChI=1S/C12H21N3O5/c1-8(2)15(5-4-12(19)20)11(18)7-14-10(17)6-13-9(3)16/h8H,4-7H2,1-3H3,(H,13,16)(H,14,17)(H,19,20). The van der Waals surface area contributed by atoms with Gasteiger partial charge in [0, 0.05) is 19.5 Å². The number of carboxylic acid groups (broad SMARTS) is 1. The molecule has 3 N–H and O–H groups in total. The Morgan fingerprint density at radius 2 is 1.70 bits per heavy atom. The summed E-state index contributed by atoms with van der Waals surface area (Å²) < 4.78 is 0. The van der Waals surface area contributed by atoms with Gasteiger partial charge in [-0.2, -0.15) is 0 Å². The molecule has 114 valence electrons. The number of hydrogen-bond donors (Lipinski definition) is 3. The molecule has 0 aromatic carbocycles. The molecule has 0 rings (SSSR count). The van der Waals surface area contributed by atoms with Crippen LogP contribution in [-0.4, -0.2) is 59.4 Å². The topological polar surface area (TPSA) is 116 Å². The van der Waals surface area contributed by atoms with Crippen molar-refractivity contribution in [3.05, 3.63) is 0 Å². The van der Waals surface area contributed by atoms with E-state index in [1.807, 2.05) is 0 Å². The largest absolute Gasteiger partial charge is 0.481 e. The van der Waals surface area contributed by atoms with Gasteiger partial charge in [-0.3, -0.25) is 19.2 Å². The highest BCUT2D eigenvalue weighted by atomic mass is 16.4. The summed E-state index contributed by atoms with van der Waals surface area (Å²) in [4.78, 5) is 45.7. The molecule has 0 aliphatic rings. The van der Waals surface area contributed by atoms with E-state index in [9.17, 15) is 19.2 Å². The van der Waals surface area contributed by atoms with E-state index in [0.717, 1.165) is 0 Å². The van der Waals surface area contributed by atoms with Gasteiger partial charge >= 0.3 is 5.97 Å². The van der Waals surface area contributed by atoms with Crippen LogP contribution in [0.1, 0.15) is 27.2 Å². The van der Waals surface area contributed by atoms with Gasteiger partial charge in [0.2, 0.25) is 17.7 Å². The van der Waals surface area contributed by atoms with Gasteiger partial charge < -0.3 is 20.6 Å². The van der Waals surface area contributed by atoms with Crippen molar-refractivity contribution in [3.8, 4) is 0 Å². The van der Waals surface area contributed by atoms with Crippen LogP contribution in [0.4, 0.5) is 0 Å². The minimum atomic E-state index is -0.988. The van der Waals surface area contributed by atoms with Crippen LogP contribution in [0.2, 0.25) is 0 Å². The van der Waals surface area contributed by atoms with E-state index in [4.69, 9.17) is 5.11 Å². The molecule has 0 aromatic heterocycles. The fourth-order valence-corrected chi connectivity index (χ4v) is 1.43. The number of nitrogens with one attached hydrogen (secondary N) is 2. The number of amides is 3. The lowest BCUT2D eigenvalue weighted by atomic mass is 10.2. The molecular weight excluding hydrogens is 266 g/mol. The van der Waals surface area contributed by atoms with E-state index in [1.54, 1.807) is 13.8 Å². The molecule has 0 aromatic rings. The van der Waals surface area contributed by atoms with Gasteiger partial charge in [0.05, 0.1) is 19.5 Å². The third-order valence-electron chi connectivity index (χ3n) is 2.44. The fourth-order valence-electron chi connectivity index (χ4n) is 1.43. The van der Waals surface area contributed by atoms with Gasteiger partial charge in [-0.15, -0.1) is 0 Å². The first-order valence-electron chi connectivity index (χ1n) is 6.26. The normalized spacial score (nSPS) is 10.0. The highest BCUT2D eigenvalue weighted by Gasteiger charge is 2.18. The quantitative estimate of drug-likeness (QED) is 0.527. The Balaban J connectivity index is 4.22. The molecule has 8 nitrogen and oxygen atoms in total. The number of nitrogens with zero attached hydrogens (tertiary/aromatic N) is 1. The molecular formula is C12H21N3O5. The Morgan fingerprint density at radius 1 is 1.10 bits per heavy atom. The first-order valence-corrected chi connectivity index (χ1v) is 6.26. The summed E-state index contributed by atoms with van der Waals surface area (Å²) in [5, 5.41) is 13.3. The van der Waals surface area contributed by atoms with Crippen molar-refractivity contribution in [3.63, 3.8) is 0 Å². The molecule has 0 saturated heterocycles. The molecule has 3 amide bonds. The Morgan fingerprint density at radius 3 is 2.15 bits per heavy atom. The predicted octanol–water partition coefficient (Wildman–Crippen LogP) is -1.05. The van der Waals surface area contributed by atoms with Crippen LogP contribution in [0.3, 0.4) is 0 Å². The average molecular weight is 287 g/mol. The zero-order valence-electron chi connectivity index (χ0n) is 11.9. The Bertz CT molecular complexity index is 381. The van der Waals surface area contributed by atoms with Crippen molar-refractivity contribution < 1.29 is 24.3 Å². The van der Waals surface area contributed by atoms with Crippen molar-refractivity contribution >= 4 is 23.7 Å². The molecule has 0 spiro atoms. The van der Waals surface area contributed by atoms with Crippen molar-refractivity contribution in [2.45, 2.75) is 33.2 Å². The van der Waals surface area contributed by atoms with Crippen LogP contribution in [0.25, 0.3) is 0 Å². The number of carbonyl (C=O) groups excluding carboxylic acids is 3. The van der Waals surface area contributed by atoms with Crippen LogP contribution in [0.15, 0.2) is 0 Å². The highest BCUT2D eigenvalue weighted by molar-refractivity contribution is 5.87. The number of aliphatic carboxylic acids is 1. The highest BCUT2D eigenvalue weighted by Crippen LogP contribution is 2.00. The predicted molar refractivity (Wildman–Crippen MR) is 70.8 cm³/mol. The van der Waals surface area contributed by atoms with E-state index in [1.165, 1.54) is 11.8 Å². The van der Waals surface area contributed by atoms with Crippen molar-refractivity contribution in [2.75, 3.05) is 19.6 Å². The number of carbonyl (C=O) groups is 4. The lowest BCUT2D eigenvalue weighted by Gasteiger charge is -2.26. The zero-order chi connectivity index (χ0) is 15.7. The maximum atomic E-state index is 11.9. The Kier molecular flexibility index (Phi) is 7.95. The second-order valence-corrected chi connectivity index (χ2v) is 4.51. The molecule has 0 aliphatic heterocycles. The molecule has 0 aliphatic carbocycles. The van der Waals surface area contributed by atoms with Gasteiger partial charge in [-0.25, -0.2) is 0 Å². The summed E-state index contributed by atoms with van der Waals surface area (Å²) in [7, 11) is 0. The van der Waals surface area contributed by atoms with Gasteiger partial charge in [-0.1, -0.05) is 0 Å². The minimum absolute atomic E-state index is 0.0907. The summed E-state index contributed by atoms with van der Waals surface area (Å²) in [5.74, 6) is -2.16. The third-order valence-corrected chi connectivity index (χ3v) is 2.44. The van der Waals surface area contributed by atoms with E-state index < -0.39 is 11.9 Å². The first-order chi connectivity index (χ1) is 9.23. The van der Waals surface area contributed by atoms with Gasteiger partial charge in [-0.05, 0) is 13.8 Å². The monoisotopic (exact) mass is 287 g/mol. The lowest BCUT2D eigenvalue weighted by molar-refractivity contribution is -0.139. The van der Waals surface area contributed by atoms with Gasteiger partial charge in [0.1, 0.15) is 0 Å². The number of carboxylic acids is 1. The molecule has 0 radical (unpaired) electrons. The van der Waals surface area contributed by atoms with Crippen molar-refractivity contribution in [1.82, 2.24) is 15.5 Å². The smallest absolute Gasteiger partial charge is 0.305 e. The molecule has 0 saturated carbocycles. The maximum absolute atomic E-state index is 11.9. The van der Waals surface area contributed by atoms with Gasteiger partial charge in [0.25, 0.3) is 0 Å². The van der Waals surface area contributed by atoms with Crippen molar-refractivity contribution in [1.29, 1.82) is 0 Å². The summed E-state index contributed by atoms with van der Waals surface area (Å²) in [6.07, 6.45) is -0.149. The summed E-state index contributed by atoms with van der Waals surface area (Å²) >= 11 is 0. The molecule has 0 bridgehead atoms. The molecule has 0 fully saturated rings. The zero-order valence-corrected chi connectivity index (χ0v) is 11.9.